The number of rotatable bonds is 5. The Morgan fingerprint density at radius 1 is 1.35 bits per heavy atom. The van der Waals surface area contributed by atoms with Crippen molar-refractivity contribution in [2.75, 3.05) is 7.11 Å². The topological polar surface area (TPSA) is 57.0 Å². The normalized spacial score (nSPS) is 20.8. The van der Waals surface area contributed by atoms with Gasteiger partial charge in [-0.15, -0.1) is 0 Å². The first-order chi connectivity index (χ1) is 9.42. The van der Waals surface area contributed by atoms with E-state index in [1.807, 2.05) is 6.92 Å². The lowest BCUT2D eigenvalue weighted by Crippen LogP contribution is -2.46. The highest BCUT2D eigenvalue weighted by Gasteiger charge is 2.44. The Balaban J connectivity index is 2.10. The van der Waals surface area contributed by atoms with Gasteiger partial charge in [-0.05, 0) is 38.0 Å². The number of hydrogen-bond donors (Lipinski definition) is 0. The molecule has 0 unspecified atom stereocenters. The smallest absolute Gasteiger partial charge is 0.172 e. The lowest BCUT2D eigenvalue weighted by molar-refractivity contribution is -0.147. The lowest BCUT2D eigenvalue weighted by Gasteiger charge is -2.41. The second kappa shape index (κ2) is 5.64. The Hall–Kier alpha value is -1.23. The van der Waals surface area contributed by atoms with Crippen molar-refractivity contribution >= 4 is 5.78 Å². The van der Waals surface area contributed by atoms with Gasteiger partial charge in [0.05, 0.1) is 6.42 Å². The molecule has 0 atom stereocenters. The summed E-state index contributed by atoms with van der Waals surface area (Å²) in [6, 6.07) is 0. The van der Waals surface area contributed by atoms with Crippen LogP contribution in [0.3, 0.4) is 0 Å². The average Bonchev–Trinajstić information content (AvgIpc) is 2.86. The third-order valence-electron chi connectivity index (χ3n) is 4.62. The van der Waals surface area contributed by atoms with Crippen molar-refractivity contribution in [2.45, 2.75) is 65.0 Å². The van der Waals surface area contributed by atoms with Gasteiger partial charge in [-0.1, -0.05) is 13.8 Å². The van der Waals surface area contributed by atoms with E-state index in [1.165, 1.54) is 6.33 Å². The molecule has 0 spiro atoms. The summed E-state index contributed by atoms with van der Waals surface area (Å²) in [5.41, 5.74) is -0.314. The molecule has 0 N–H and O–H groups in total. The number of Topliss-reactive ketones (excluding diaryl/α,β-unsaturated/α-hetero) is 1. The van der Waals surface area contributed by atoms with E-state index in [1.54, 1.807) is 11.8 Å². The van der Waals surface area contributed by atoms with E-state index in [0.29, 0.717) is 11.8 Å². The minimum Gasteiger partial charge on any atom is -0.370 e. The molecular weight excluding hydrogens is 254 g/mol. The number of aryl methyl sites for hydroxylation is 1. The van der Waals surface area contributed by atoms with Crippen molar-refractivity contribution < 1.29 is 9.53 Å². The van der Waals surface area contributed by atoms with Crippen LogP contribution in [0.2, 0.25) is 0 Å². The third kappa shape index (κ3) is 2.92. The zero-order valence-electron chi connectivity index (χ0n) is 13.0. The highest BCUT2D eigenvalue weighted by atomic mass is 16.5. The molecule has 5 nitrogen and oxygen atoms in total. The summed E-state index contributed by atoms with van der Waals surface area (Å²) in [6.45, 7) is 7.24. The van der Waals surface area contributed by atoms with Crippen LogP contribution in [0.25, 0.3) is 0 Å². The van der Waals surface area contributed by atoms with Crippen LogP contribution in [0.1, 0.15) is 52.3 Å². The van der Waals surface area contributed by atoms with Crippen molar-refractivity contribution in [1.29, 1.82) is 0 Å². The first-order valence-electron chi connectivity index (χ1n) is 7.37. The molecule has 0 bridgehead atoms. The summed E-state index contributed by atoms with van der Waals surface area (Å²) in [6.07, 6.45) is 5.46. The van der Waals surface area contributed by atoms with E-state index < -0.39 is 5.60 Å². The number of aromatic nitrogens is 3. The number of ether oxygens (including phenoxy) is 1. The van der Waals surface area contributed by atoms with Crippen LogP contribution in [0.4, 0.5) is 0 Å². The van der Waals surface area contributed by atoms with Crippen LogP contribution in [0.15, 0.2) is 6.33 Å². The van der Waals surface area contributed by atoms with Gasteiger partial charge in [-0.3, -0.25) is 4.79 Å². The predicted octanol–water partition coefficient (Wildman–Crippen LogP) is 2.40. The Labute approximate surface area is 120 Å². The minimum atomic E-state index is -0.625. The summed E-state index contributed by atoms with van der Waals surface area (Å²) in [7, 11) is 1.65. The molecular formula is C15H25N3O2. The first-order valence-corrected chi connectivity index (χ1v) is 7.37. The van der Waals surface area contributed by atoms with Gasteiger partial charge in [0, 0.05) is 13.7 Å². The summed E-state index contributed by atoms with van der Waals surface area (Å²) >= 11 is 0. The maximum Gasteiger partial charge on any atom is 0.172 e. The maximum absolute atomic E-state index is 12.7. The second-order valence-corrected chi connectivity index (χ2v) is 6.45. The number of ketones is 1. The number of carbonyl (C=O) groups is 1. The standard InChI is InChI=1S/C15H25N3O2/c1-5-18-13(16-11-17-18)10-12(19)15(20-4)8-6-14(2,3)7-9-15/h11H,5-10H2,1-4H3. The molecule has 0 amide bonds. The molecule has 1 aliphatic carbocycles. The number of carbonyl (C=O) groups excluding carboxylic acids is 1. The van der Waals surface area contributed by atoms with Crippen LogP contribution in [0, 0.1) is 5.41 Å². The van der Waals surface area contributed by atoms with E-state index in [2.05, 4.69) is 23.9 Å². The molecule has 1 saturated carbocycles. The first kappa shape index (κ1) is 15.2. The van der Waals surface area contributed by atoms with Gasteiger partial charge in [0.25, 0.3) is 0 Å². The van der Waals surface area contributed by atoms with Crippen LogP contribution in [0.5, 0.6) is 0 Å². The maximum atomic E-state index is 12.7. The van der Waals surface area contributed by atoms with Gasteiger partial charge in [-0.2, -0.15) is 5.10 Å². The molecule has 1 fully saturated rings. The summed E-state index contributed by atoms with van der Waals surface area (Å²) < 4.78 is 7.42. The van der Waals surface area contributed by atoms with Gasteiger partial charge >= 0.3 is 0 Å². The zero-order chi connectivity index (χ0) is 14.8. The van der Waals surface area contributed by atoms with E-state index in [9.17, 15) is 4.79 Å². The van der Waals surface area contributed by atoms with Crippen molar-refractivity contribution in [3.05, 3.63) is 12.2 Å². The van der Waals surface area contributed by atoms with Gasteiger partial charge < -0.3 is 4.74 Å². The Morgan fingerprint density at radius 3 is 2.55 bits per heavy atom. The van der Waals surface area contributed by atoms with Crippen molar-refractivity contribution in [3.8, 4) is 0 Å². The SMILES string of the molecule is CCn1ncnc1CC(=O)C1(OC)CCC(C)(C)CC1. The van der Waals surface area contributed by atoms with Crippen LogP contribution in [-0.4, -0.2) is 33.3 Å². The fourth-order valence-electron chi connectivity index (χ4n) is 2.92. The zero-order valence-corrected chi connectivity index (χ0v) is 13.0. The predicted molar refractivity (Wildman–Crippen MR) is 76.4 cm³/mol. The molecule has 1 aliphatic rings. The third-order valence-corrected chi connectivity index (χ3v) is 4.62. The quantitative estimate of drug-likeness (QED) is 0.830. The Kier molecular flexibility index (Phi) is 4.28. The summed E-state index contributed by atoms with van der Waals surface area (Å²) in [5, 5.41) is 4.12. The molecule has 1 aromatic rings. The van der Waals surface area contributed by atoms with Crippen LogP contribution in [-0.2, 0) is 22.5 Å². The molecule has 0 aliphatic heterocycles. The Bertz CT molecular complexity index is 469. The van der Waals surface area contributed by atoms with E-state index >= 15 is 0 Å². The lowest BCUT2D eigenvalue weighted by atomic mass is 9.69. The molecule has 20 heavy (non-hydrogen) atoms. The minimum absolute atomic E-state index is 0.137. The van der Waals surface area contributed by atoms with Crippen molar-refractivity contribution in [1.82, 2.24) is 14.8 Å². The molecule has 5 heteroatoms. The molecule has 1 aromatic heterocycles. The largest absolute Gasteiger partial charge is 0.370 e. The molecule has 2 rings (SSSR count). The molecule has 0 aromatic carbocycles. The van der Waals surface area contributed by atoms with Gasteiger partial charge in [0.15, 0.2) is 5.78 Å². The molecule has 1 heterocycles. The summed E-state index contributed by atoms with van der Waals surface area (Å²) in [4.78, 5) is 16.9. The highest BCUT2D eigenvalue weighted by Crippen LogP contribution is 2.42. The fraction of sp³-hybridized carbons (Fsp3) is 0.800. The monoisotopic (exact) mass is 279 g/mol. The van der Waals surface area contributed by atoms with Gasteiger partial charge in [-0.25, -0.2) is 9.67 Å². The number of hydrogen-bond acceptors (Lipinski definition) is 4. The van der Waals surface area contributed by atoms with Gasteiger partial charge in [0.2, 0.25) is 0 Å². The summed E-state index contributed by atoms with van der Waals surface area (Å²) in [5.74, 6) is 0.872. The van der Waals surface area contributed by atoms with Crippen molar-refractivity contribution in [3.63, 3.8) is 0 Å². The van der Waals surface area contributed by atoms with E-state index in [0.717, 1.165) is 38.1 Å². The van der Waals surface area contributed by atoms with Gasteiger partial charge in [0.1, 0.15) is 17.8 Å². The molecule has 112 valence electrons. The molecule has 0 saturated heterocycles. The van der Waals surface area contributed by atoms with E-state index in [4.69, 9.17) is 4.74 Å². The second-order valence-electron chi connectivity index (χ2n) is 6.45. The van der Waals surface area contributed by atoms with Crippen LogP contribution >= 0.6 is 0 Å². The highest BCUT2D eigenvalue weighted by molar-refractivity contribution is 5.88. The van der Waals surface area contributed by atoms with Crippen molar-refractivity contribution in [2.24, 2.45) is 5.41 Å². The van der Waals surface area contributed by atoms with Crippen LogP contribution < -0.4 is 0 Å². The number of nitrogens with zero attached hydrogens (tertiary/aromatic N) is 3. The average molecular weight is 279 g/mol. The number of methoxy groups -OCH3 is 1. The Morgan fingerprint density at radius 2 is 2.00 bits per heavy atom. The van der Waals surface area contributed by atoms with E-state index in [-0.39, 0.29) is 5.78 Å². The molecule has 0 radical (unpaired) electrons. The fourth-order valence-corrected chi connectivity index (χ4v) is 2.92.